The lowest BCUT2D eigenvalue weighted by atomic mass is 9.96. The van der Waals surface area contributed by atoms with Crippen molar-refractivity contribution < 1.29 is 25.5 Å². The van der Waals surface area contributed by atoms with Crippen LogP contribution in [-0.2, 0) is 16.4 Å². The average molecular weight is 570 g/mol. The number of nitriles is 1. The standard InChI is InChI=1S/C27H19F4N5O3S/c28-27(29,30)21-9-20-23(10-19(21)15-8-17(13-34-12-15)40(31,38)39)36(16-3-5-33-6-4-16)26-24(25(20)37)18-2-1-14(11-32)7-22(18)35-26/h1-2,7-10,12-13,16,33,35H,3-6H2. The van der Waals surface area contributed by atoms with Crippen LogP contribution >= 0.6 is 0 Å². The van der Waals surface area contributed by atoms with E-state index in [0.29, 0.717) is 54.2 Å². The van der Waals surface area contributed by atoms with Crippen molar-refractivity contribution in [3.63, 3.8) is 0 Å². The third-order valence-corrected chi connectivity index (χ3v) is 8.09. The summed E-state index contributed by atoms with van der Waals surface area (Å²) in [6, 6.07) is 9.30. The summed E-state index contributed by atoms with van der Waals surface area (Å²) in [5.41, 5.74) is -1.08. The number of rotatable bonds is 3. The van der Waals surface area contributed by atoms with Gasteiger partial charge in [-0.25, -0.2) is 0 Å². The fraction of sp³-hybridized carbons (Fsp3) is 0.222. The maximum atomic E-state index is 14.4. The van der Waals surface area contributed by atoms with Crippen LogP contribution in [-0.4, -0.2) is 36.0 Å². The first-order valence-corrected chi connectivity index (χ1v) is 13.6. The molecular weight excluding hydrogens is 550 g/mol. The highest BCUT2D eigenvalue weighted by Crippen LogP contribution is 2.41. The quantitative estimate of drug-likeness (QED) is 0.229. The van der Waals surface area contributed by atoms with Gasteiger partial charge in [-0.15, -0.1) is 3.89 Å². The molecule has 0 radical (unpaired) electrons. The minimum Gasteiger partial charge on any atom is -0.340 e. The van der Waals surface area contributed by atoms with Gasteiger partial charge < -0.3 is 14.9 Å². The van der Waals surface area contributed by atoms with E-state index < -0.39 is 37.9 Å². The zero-order chi connectivity index (χ0) is 28.4. The molecule has 2 N–H and O–H groups in total. The molecule has 0 aliphatic carbocycles. The van der Waals surface area contributed by atoms with Gasteiger partial charge in [0.25, 0.3) is 0 Å². The Bertz CT molecular complexity index is 2050. The van der Waals surface area contributed by atoms with Gasteiger partial charge in [-0.1, -0.05) is 6.07 Å². The monoisotopic (exact) mass is 569 g/mol. The molecule has 1 fully saturated rings. The Morgan fingerprint density at radius 2 is 1.80 bits per heavy atom. The lowest BCUT2D eigenvalue weighted by Gasteiger charge is -2.28. The summed E-state index contributed by atoms with van der Waals surface area (Å²) in [4.78, 5) is 19.8. The Kier molecular flexibility index (Phi) is 5.93. The second-order valence-corrected chi connectivity index (χ2v) is 11.0. The minimum atomic E-state index is -5.24. The fourth-order valence-corrected chi connectivity index (χ4v) is 5.96. The van der Waals surface area contributed by atoms with Crippen molar-refractivity contribution in [1.82, 2.24) is 19.9 Å². The van der Waals surface area contributed by atoms with Gasteiger partial charge in [0, 0.05) is 40.3 Å². The highest BCUT2D eigenvalue weighted by Gasteiger charge is 2.36. The summed E-state index contributed by atoms with van der Waals surface area (Å²) in [5.74, 6) is 0. The molecule has 0 unspecified atom stereocenters. The van der Waals surface area contributed by atoms with Crippen LogP contribution in [0.15, 0.2) is 58.5 Å². The van der Waals surface area contributed by atoms with Crippen LogP contribution in [0.4, 0.5) is 17.1 Å². The molecule has 8 nitrogen and oxygen atoms in total. The lowest BCUT2D eigenvalue weighted by Crippen LogP contribution is -2.30. The predicted molar refractivity (Wildman–Crippen MR) is 140 cm³/mol. The molecule has 0 spiro atoms. The second kappa shape index (κ2) is 9.14. The highest BCUT2D eigenvalue weighted by atomic mass is 32.3. The van der Waals surface area contributed by atoms with Crippen molar-refractivity contribution >= 4 is 43.1 Å². The van der Waals surface area contributed by atoms with E-state index >= 15 is 0 Å². The summed E-state index contributed by atoms with van der Waals surface area (Å²) >= 11 is 0. The molecule has 0 amide bonds. The molecule has 1 aliphatic rings. The molecule has 0 atom stereocenters. The van der Waals surface area contributed by atoms with Crippen molar-refractivity contribution in [1.29, 1.82) is 5.26 Å². The van der Waals surface area contributed by atoms with Crippen molar-refractivity contribution in [2.24, 2.45) is 0 Å². The Morgan fingerprint density at radius 3 is 2.48 bits per heavy atom. The molecular formula is C27H19F4N5O3S. The molecule has 0 saturated carbocycles. The van der Waals surface area contributed by atoms with Gasteiger partial charge in [-0.3, -0.25) is 9.78 Å². The Balaban J connectivity index is 1.78. The van der Waals surface area contributed by atoms with Gasteiger partial charge in [0.2, 0.25) is 0 Å². The summed E-state index contributed by atoms with van der Waals surface area (Å²) < 4.78 is 81.7. The van der Waals surface area contributed by atoms with Crippen LogP contribution in [0.2, 0.25) is 0 Å². The number of aromatic amines is 1. The van der Waals surface area contributed by atoms with Gasteiger partial charge in [-0.2, -0.15) is 26.9 Å². The first kappa shape index (κ1) is 26.0. The van der Waals surface area contributed by atoms with Gasteiger partial charge in [0.05, 0.1) is 28.1 Å². The normalized spacial score (nSPS) is 15.2. The average Bonchev–Trinajstić information content (AvgIpc) is 3.30. The summed E-state index contributed by atoms with van der Waals surface area (Å²) in [5, 5.41) is 13.1. The molecule has 5 aromatic rings. The van der Waals surface area contributed by atoms with E-state index in [9.17, 15) is 35.5 Å². The number of nitrogens with zero attached hydrogens (tertiary/aromatic N) is 3. The molecule has 1 saturated heterocycles. The zero-order valence-corrected chi connectivity index (χ0v) is 21.3. The number of fused-ring (bicyclic) bond motifs is 4. The molecule has 4 heterocycles. The Morgan fingerprint density at radius 1 is 1.05 bits per heavy atom. The van der Waals surface area contributed by atoms with E-state index in [0.717, 1.165) is 18.3 Å². The number of alkyl halides is 3. The summed E-state index contributed by atoms with van der Waals surface area (Å²) in [6.45, 7) is 1.29. The van der Waals surface area contributed by atoms with Gasteiger partial charge in [0.1, 0.15) is 10.5 Å². The molecule has 0 bridgehead atoms. The fourth-order valence-electron chi connectivity index (χ4n) is 5.50. The maximum absolute atomic E-state index is 14.4. The number of benzene rings is 2. The number of hydrogen-bond acceptors (Lipinski definition) is 6. The Labute approximate surface area is 224 Å². The van der Waals surface area contributed by atoms with Crippen LogP contribution in [0, 0.1) is 11.3 Å². The van der Waals surface area contributed by atoms with Crippen molar-refractivity contribution in [3.8, 4) is 17.2 Å². The second-order valence-electron chi connectivity index (χ2n) is 9.66. The topological polar surface area (TPSA) is 121 Å². The van der Waals surface area contributed by atoms with E-state index in [1.165, 1.54) is 12.1 Å². The molecule has 1 aliphatic heterocycles. The molecule has 2 aromatic carbocycles. The SMILES string of the molecule is N#Cc1ccc2c(c1)[nH]c1c2c(=O)c2cc(C(F)(F)F)c(-c3cncc(S(=O)(=O)F)c3)cc2n1C1CCNCC1. The van der Waals surface area contributed by atoms with Crippen molar-refractivity contribution in [2.45, 2.75) is 30.0 Å². The third-order valence-electron chi connectivity index (χ3n) is 7.30. The minimum absolute atomic E-state index is 0.172. The maximum Gasteiger partial charge on any atom is 0.417 e. The van der Waals surface area contributed by atoms with Crippen LogP contribution in [0.3, 0.4) is 0 Å². The summed E-state index contributed by atoms with van der Waals surface area (Å²) in [6.07, 6.45) is -1.96. The Hall–Kier alpha value is -4.28. The number of H-pyrrole nitrogens is 1. The molecule has 40 heavy (non-hydrogen) atoms. The molecule has 3 aromatic heterocycles. The van der Waals surface area contributed by atoms with Crippen LogP contribution in [0.1, 0.15) is 30.0 Å². The largest absolute Gasteiger partial charge is 0.417 e. The molecule has 13 heteroatoms. The number of aromatic nitrogens is 3. The number of nitrogens with one attached hydrogen (secondary N) is 2. The van der Waals surface area contributed by atoms with Gasteiger partial charge >= 0.3 is 16.4 Å². The third kappa shape index (κ3) is 4.20. The first-order chi connectivity index (χ1) is 19.0. The predicted octanol–water partition coefficient (Wildman–Crippen LogP) is 5.17. The van der Waals surface area contributed by atoms with Gasteiger partial charge in [-0.05, 0) is 61.8 Å². The zero-order valence-electron chi connectivity index (χ0n) is 20.5. The number of piperidine rings is 1. The van der Waals surface area contributed by atoms with E-state index in [-0.39, 0.29) is 27.9 Å². The molecule has 6 rings (SSSR count). The highest BCUT2D eigenvalue weighted by molar-refractivity contribution is 7.86. The first-order valence-electron chi connectivity index (χ1n) is 12.2. The van der Waals surface area contributed by atoms with Gasteiger partial charge in [0.15, 0.2) is 5.43 Å². The van der Waals surface area contributed by atoms with E-state index in [2.05, 4.69) is 15.3 Å². The van der Waals surface area contributed by atoms with E-state index in [1.807, 2.05) is 10.6 Å². The van der Waals surface area contributed by atoms with E-state index in [1.54, 1.807) is 12.1 Å². The van der Waals surface area contributed by atoms with Crippen LogP contribution < -0.4 is 10.7 Å². The molecule has 204 valence electrons. The van der Waals surface area contributed by atoms with Crippen LogP contribution in [0.5, 0.6) is 0 Å². The number of hydrogen-bond donors (Lipinski definition) is 2. The smallest absolute Gasteiger partial charge is 0.340 e. The lowest BCUT2D eigenvalue weighted by molar-refractivity contribution is -0.137. The number of halogens is 4. The van der Waals surface area contributed by atoms with Crippen molar-refractivity contribution in [2.75, 3.05) is 13.1 Å². The summed E-state index contributed by atoms with van der Waals surface area (Å²) in [7, 11) is -5.24. The number of pyridine rings is 2. The van der Waals surface area contributed by atoms with Crippen molar-refractivity contribution in [3.05, 3.63) is 70.1 Å². The van der Waals surface area contributed by atoms with E-state index in [4.69, 9.17) is 0 Å². The van der Waals surface area contributed by atoms with Crippen LogP contribution in [0.25, 0.3) is 44.0 Å².